The molecule has 2 unspecified atom stereocenters. The standard InChI is InChI=1S/C10H21NO4S/c1-3-14-9(7-12)15-4-5-16-10(13)8(2)6-11/h8-9,12H,3-7,11H2,1-2H3. The molecular weight excluding hydrogens is 230 g/mol. The van der Waals surface area contributed by atoms with Crippen molar-refractivity contribution in [1.29, 1.82) is 0 Å². The molecule has 0 aromatic rings. The van der Waals surface area contributed by atoms with E-state index in [2.05, 4.69) is 0 Å². The molecule has 0 bridgehead atoms. The first-order valence-electron chi connectivity index (χ1n) is 5.36. The maximum Gasteiger partial charge on any atom is 0.193 e. The molecule has 0 saturated heterocycles. The van der Waals surface area contributed by atoms with Crippen LogP contribution in [0.25, 0.3) is 0 Å². The largest absolute Gasteiger partial charge is 0.391 e. The van der Waals surface area contributed by atoms with E-state index in [0.717, 1.165) is 0 Å². The number of hydrogen-bond donors (Lipinski definition) is 2. The number of nitrogens with two attached hydrogens (primary N) is 1. The lowest BCUT2D eigenvalue weighted by Crippen LogP contribution is -2.23. The van der Waals surface area contributed by atoms with Gasteiger partial charge in [0.2, 0.25) is 0 Å². The Morgan fingerprint density at radius 2 is 2.19 bits per heavy atom. The number of carbonyl (C=O) groups is 1. The summed E-state index contributed by atoms with van der Waals surface area (Å²) in [4.78, 5) is 11.4. The highest BCUT2D eigenvalue weighted by molar-refractivity contribution is 8.13. The molecule has 0 amide bonds. The molecule has 0 radical (unpaired) electrons. The second kappa shape index (κ2) is 10.0. The number of aliphatic hydroxyl groups is 1. The van der Waals surface area contributed by atoms with Gasteiger partial charge in [-0.25, -0.2) is 0 Å². The van der Waals surface area contributed by atoms with E-state index >= 15 is 0 Å². The van der Waals surface area contributed by atoms with Crippen LogP contribution in [0.5, 0.6) is 0 Å². The zero-order chi connectivity index (χ0) is 12.4. The molecule has 3 N–H and O–H groups in total. The van der Waals surface area contributed by atoms with Gasteiger partial charge in [-0.1, -0.05) is 18.7 Å². The minimum atomic E-state index is -0.590. The molecule has 0 fully saturated rings. The van der Waals surface area contributed by atoms with E-state index < -0.39 is 6.29 Å². The predicted molar refractivity (Wildman–Crippen MR) is 64.1 cm³/mol. The third-order valence-electron chi connectivity index (χ3n) is 1.89. The van der Waals surface area contributed by atoms with E-state index in [4.69, 9.17) is 20.3 Å². The summed E-state index contributed by atoms with van der Waals surface area (Å²) in [5.41, 5.74) is 5.37. The van der Waals surface area contributed by atoms with Crippen molar-refractivity contribution in [3.63, 3.8) is 0 Å². The Morgan fingerprint density at radius 1 is 1.50 bits per heavy atom. The van der Waals surface area contributed by atoms with Crippen LogP contribution in [0.15, 0.2) is 0 Å². The van der Waals surface area contributed by atoms with Crippen LogP contribution in [-0.4, -0.2) is 48.6 Å². The Hall–Kier alpha value is -0.140. The minimum absolute atomic E-state index is 0.0723. The third-order valence-corrected chi connectivity index (χ3v) is 2.95. The fourth-order valence-corrected chi connectivity index (χ4v) is 1.66. The molecular formula is C10H21NO4S. The summed E-state index contributed by atoms with van der Waals surface area (Å²) in [7, 11) is 0. The molecule has 0 heterocycles. The van der Waals surface area contributed by atoms with Gasteiger partial charge < -0.3 is 20.3 Å². The molecule has 0 aromatic carbocycles. The molecule has 6 heteroatoms. The van der Waals surface area contributed by atoms with Gasteiger partial charge in [-0.2, -0.15) is 0 Å². The maximum atomic E-state index is 11.4. The van der Waals surface area contributed by atoms with Gasteiger partial charge in [-0.05, 0) is 6.92 Å². The summed E-state index contributed by atoms with van der Waals surface area (Å²) in [6.07, 6.45) is -0.590. The highest BCUT2D eigenvalue weighted by Crippen LogP contribution is 2.10. The quantitative estimate of drug-likeness (QED) is 0.450. The van der Waals surface area contributed by atoms with Crippen LogP contribution in [-0.2, 0) is 14.3 Å². The van der Waals surface area contributed by atoms with Gasteiger partial charge in [0, 0.05) is 24.8 Å². The summed E-state index contributed by atoms with van der Waals surface area (Å²) >= 11 is 1.20. The SMILES string of the molecule is CCOC(CO)OCCSC(=O)C(C)CN. The lowest BCUT2D eigenvalue weighted by molar-refractivity contribution is -0.156. The third kappa shape index (κ3) is 7.19. The summed E-state index contributed by atoms with van der Waals surface area (Å²) in [5, 5.41) is 8.92. The van der Waals surface area contributed by atoms with Crippen molar-refractivity contribution in [2.24, 2.45) is 11.7 Å². The number of ether oxygens (including phenoxy) is 2. The average Bonchev–Trinajstić information content (AvgIpc) is 2.31. The summed E-state index contributed by atoms with van der Waals surface area (Å²) < 4.78 is 10.3. The second-order valence-electron chi connectivity index (χ2n) is 3.24. The molecule has 0 spiro atoms. The normalized spacial score (nSPS) is 14.8. The van der Waals surface area contributed by atoms with Crippen molar-refractivity contribution >= 4 is 16.9 Å². The van der Waals surface area contributed by atoms with Gasteiger partial charge in [0.05, 0.1) is 13.2 Å². The van der Waals surface area contributed by atoms with Crippen molar-refractivity contribution in [3.05, 3.63) is 0 Å². The van der Waals surface area contributed by atoms with Gasteiger partial charge in [-0.15, -0.1) is 0 Å². The second-order valence-corrected chi connectivity index (χ2v) is 4.34. The van der Waals surface area contributed by atoms with Crippen molar-refractivity contribution in [2.45, 2.75) is 20.1 Å². The number of aliphatic hydroxyl groups excluding tert-OH is 1. The van der Waals surface area contributed by atoms with Crippen molar-refractivity contribution in [1.82, 2.24) is 0 Å². The van der Waals surface area contributed by atoms with E-state index in [0.29, 0.717) is 25.5 Å². The predicted octanol–water partition coefficient (Wildman–Crippen LogP) is 0.213. The molecule has 5 nitrogen and oxygen atoms in total. The summed E-state index contributed by atoms with van der Waals surface area (Å²) in [5.74, 6) is 0.428. The fraction of sp³-hybridized carbons (Fsp3) is 0.900. The number of thioether (sulfide) groups is 1. The molecule has 0 saturated carbocycles. The molecule has 0 rings (SSSR count). The smallest absolute Gasteiger partial charge is 0.193 e. The summed E-state index contributed by atoms with van der Waals surface area (Å²) in [6, 6.07) is 0. The number of hydrogen-bond acceptors (Lipinski definition) is 6. The van der Waals surface area contributed by atoms with Crippen molar-refractivity contribution in [3.8, 4) is 0 Å². The van der Waals surface area contributed by atoms with Gasteiger partial charge >= 0.3 is 0 Å². The van der Waals surface area contributed by atoms with Gasteiger partial charge in [-0.3, -0.25) is 4.79 Å². The molecule has 16 heavy (non-hydrogen) atoms. The van der Waals surface area contributed by atoms with Crippen LogP contribution < -0.4 is 5.73 Å². The first-order valence-corrected chi connectivity index (χ1v) is 6.35. The van der Waals surface area contributed by atoms with Gasteiger partial charge in [0.15, 0.2) is 11.4 Å². The molecule has 96 valence electrons. The van der Waals surface area contributed by atoms with Crippen LogP contribution in [0, 0.1) is 5.92 Å². The van der Waals surface area contributed by atoms with E-state index in [1.165, 1.54) is 11.8 Å². The van der Waals surface area contributed by atoms with E-state index in [-0.39, 0.29) is 17.6 Å². The maximum absolute atomic E-state index is 11.4. The first kappa shape index (κ1) is 15.9. The first-order chi connectivity index (χ1) is 7.65. The van der Waals surface area contributed by atoms with Crippen LogP contribution in [0.3, 0.4) is 0 Å². The fourth-order valence-electron chi connectivity index (χ4n) is 0.900. The zero-order valence-corrected chi connectivity index (χ0v) is 10.7. The molecule has 0 aliphatic heterocycles. The molecule has 2 atom stereocenters. The molecule has 0 aliphatic carbocycles. The van der Waals surface area contributed by atoms with Crippen molar-refractivity contribution in [2.75, 3.05) is 32.1 Å². The van der Waals surface area contributed by atoms with E-state index in [9.17, 15) is 4.79 Å². The Labute approximate surface area is 101 Å². The monoisotopic (exact) mass is 251 g/mol. The number of rotatable bonds is 9. The highest BCUT2D eigenvalue weighted by Gasteiger charge is 2.12. The Morgan fingerprint density at radius 3 is 2.69 bits per heavy atom. The lowest BCUT2D eigenvalue weighted by atomic mass is 10.2. The average molecular weight is 251 g/mol. The number of carbonyl (C=O) groups excluding carboxylic acids is 1. The minimum Gasteiger partial charge on any atom is -0.391 e. The topological polar surface area (TPSA) is 81.8 Å². The van der Waals surface area contributed by atoms with Gasteiger partial charge in [0.1, 0.15) is 0 Å². The summed E-state index contributed by atoms with van der Waals surface area (Å²) in [6.45, 7) is 4.68. The zero-order valence-electron chi connectivity index (χ0n) is 9.85. The Kier molecular flexibility index (Phi) is 9.95. The van der Waals surface area contributed by atoms with Gasteiger partial charge in [0.25, 0.3) is 0 Å². The van der Waals surface area contributed by atoms with Crippen molar-refractivity contribution < 1.29 is 19.4 Å². The lowest BCUT2D eigenvalue weighted by Gasteiger charge is -2.14. The van der Waals surface area contributed by atoms with Crippen LogP contribution >= 0.6 is 11.8 Å². The molecule has 0 aliphatic rings. The van der Waals surface area contributed by atoms with Crippen LogP contribution in [0.2, 0.25) is 0 Å². The highest BCUT2D eigenvalue weighted by atomic mass is 32.2. The molecule has 0 aromatic heterocycles. The Balaban J connectivity index is 3.54. The van der Waals surface area contributed by atoms with Crippen LogP contribution in [0.1, 0.15) is 13.8 Å². The van der Waals surface area contributed by atoms with E-state index in [1.807, 2.05) is 6.92 Å². The van der Waals surface area contributed by atoms with Crippen LogP contribution in [0.4, 0.5) is 0 Å². The van der Waals surface area contributed by atoms with E-state index in [1.54, 1.807) is 6.92 Å². The Bertz CT molecular complexity index is 192.